The van der Waals surface area contributed by atoms with E-state index in [1.807, 2.05) is 12.1 Å². The third-order valence-electron chi connectivity index (χ3n) is 2.61. The van der Waals surface area contributed by atoms with E-state index in [1.165, 1.54) is 0 Å². The summed E-state index contributed by atoms with van der Waals surface area (Å²) in [6, 6.07) is 5.37. The van der Waals surface area contributed by atoms with Crippen LogP contribution in [0.25, 0.3) is 0 Å². The number of nitrogens with zero attached hydrogens (tertiary/aromatic N) is 2. The zero-order valence-electron chi connectivity index (χ0n) is 9.34. The minimum absolute atomic E-state index is 0.221. The van der Waals surface area contributed by atoms with Crippen molar-refractivity contribution in [2.45, 2.75) is 6.42 Å². The number of nitrogens with two attached hydrogens (primary N) is 1. The Morgan fingerprint density at radius 3 is 3.11 bits per heavy atom. The Hall–Kier alpha value is -2.15. The first-order chi connectivity index (χ1) is 8.72. The predicted molar refractivity (Wildman–Crippen MR) is 67.9 cm³/mol. The summed E-state index contributed by atoms with van der Waals surface area (Å²) in [6.07, 6.45) is 0.836. The van der Waals surface area contributed by atoms with Crippen molar-refractivity contribution in [2.24, 2.45) is 0 Å². The predicted octanol–water partition coefficient (Wildman–Crippen LogP) is 1.31. The van der Waals surface area contributed by atoms with Crippen LogP contribution in [0.3, 0.4) is 0 Å². The molecule has 3 N–H and O–H groups in total. The van der Waals surface area contributed by atoms with Crippen LogP contribution < -0.4 is 15.8 Å². The van der Waals surface area contributed by atoms with Crippen LogP contribution in [0.2, 0.25) is 0 Å². The molecule has 7 heteroatoms. The molecule has 0 bridgehead atoms. The largest absolute Gasteiger partial charge is 0.493 e. The van der Waals surface area contributed by atoms with Gasteiger partial charge < -0.3 is 10.5 Å². The Morgan fingerprint density at radius 2 is 2.33 bits per heavy atom. The summed E-state index contributed by atoms with van der Waals surface area (Å²) in [6.45, 7) is 0.674. The third-order valence-corrected chi connectivity index (χ3v) is 3.28. The van der Waals surface area contributed by atoms with Crippen molar-refractivity contribution in [3.63, 3.8) is 0 Å². The van der Waals surface area contributed by atoms with Gasteiger partial charge in [-0.3, -0.25) is 10.1 Å². The first-order valence-corrected chi connectivity index (χ1v) is 6.20. The van der Waals surface area contributed by atoms with Crippen LogP contribution in [0.4, 0.5) is 10.3 Å². The molecule has 1 aliphatic heterocycles. The van der Waals surface area contributed by atoms with Crippen molar-refractivity contribution in [3.05, 3.63) is 29.3 Å². The van der Waals surface area contributed by atoms with Crippen molar-refractivity contribution in [3.8, 4) is 5.75 Å². The average Bonchev–Trinajstić information content (AvgIpc) is 2.96. The number of hydrogen-bond donors (Lipinski definition) is 2. The van der Waals surface area contributed by atoms with Gasteiger partial charge in [0.15, 0.2) is 0 Å². The van der Waals surface area contributed by atoms with Gasteiger partial charge in [0.2, 0.25) is 10.3 Å². The van der Waals surface area contributed by atoms with Crippen LogP contribution in [0, 0.1) is 0 Å². The Kier molecular flexibility index (Phi) is 2.60. The average molecular weight is 262 g/mol. The van der Waals surface area contributed by atoms with Gasteiger partial charge in [0, 0.05) is 12.0 Å². The molecule has 2 heterocycles. The molecule has 6 nitrogen and oxygen atoms in total. The van der Waals surface area contributed by atoms with E-state index in [0.717, 1.165) is 29.1 Å². The summed E-state index contributed by atoms with van der Waals surface area (Å²) in [4.78, 5) is 12.0. The molecule has 1 aromatic carbocycles. The third kappa shape index (κ3) is 2.00. The zero-order chi connectivity index (χ0) is 12.5. The van der Waals surface area contributed by atoms with E-state index in [1.54, 1.807) is 6.07 Å². The van der Waals surface area contributed by atoms with E-state index in [9.17, 15) is 4.79 Å². The van der Waals surface area contributed by atoms with E-state index < -0.39 is 0 Å². The van der Waals surface area contributed by atoms with Gasteiger partial charge in [0.25, 0.3) is 5.91 Å². The first kappa shape index (κ1) is 11.0. The van der Waals surface area contributed by atoms with Crippen molar-refractivity contribution in [1.29, 1.82) is 0 Å². The van der Waals surface area contributed by atoms with Crippen molar-refractivity contribution in [2.75, 3.05) is 17.7 Å². The smallest absolute Gasteiger partial charge is 0.257 e. The molecule has 0 unspecified atom stereocenters. The van der Waals surface area contributed by atoms with Crippen molar-refractivity contribution < 1.29 is 9.53 Å². The maximum Gasteiger partial charge on any atom is 0.257 e. The summed E-state index contributed by atoms with van der Waals surface area (Å²) in [5.74, 6) is 0.632. The molecule has 18 heavy (non-hydrogen) atoms. The molecule has 1 amide bonds. The second-order valence-electron chi connectivity index (χ2n) is 3.82. The van der Waals surface area contributed by atoms with E-state index in [0.29, 0.717) is 22.4 Å². The summed E-state index contributed by atoms with van der Waals surface area (Å²) in [5, 5.41) is 10.8. The lowest BCUT2D eigenvalue weighted by Gasteiger charge is -2.03. The van der Waals surface area contributed by atoms with E-state index in [4.69, 9.17) is 10.5 Å². The quantitative estimate of drug-likeness (QED) is 0.851. The SMILES string of the molecule is Nc1nnc(NC(=O)c2ccc3c(c2)CCO3)s1. The minimum atomic E-state index is -0.221. The molecule has 3 rings (SSSR count). The standard InChI is InChI=1S/C11H10N4O2S/c12-10-14-15-11(18-10)13-9(16)7-1-2-8-6(5-7)3-4-17-8/h1-2,5H,3-4H2,(H2,12,14)(H,13,15,16). The molecule has 0 saturated carbocycles. The van der Waals surface area contributed by atoms with Crippen LogP contribution >= 0.6 is 11.3 Å². The molecule has 1 aliphatic rings. The highest BCUT2D eigenvalue weighted by Crippen LogP contribution is 2.26. The Labute approximate surface area is 107 Å². The van der Waals surface area contributed by atoms with E-state index in [-0.39, 0.29) is 5.91 Å². The number of ether oxygens (including phenoxy) is 1. The van der Waals surface area contributed by atoms with E-state index >= 15 is 0 Å². The van der Waals surface area contributed by atoms with E-state index in [2.05, 4.69) is 15.5 Å². The first-order valence-electron chi connectivity index (χ1n) is 5.38. The van der Waals surface area contributed by atoms with Gasteiger partial charge in [0.05, 0.1) is 6.61 Å². The highest BCUT2D eigenvalue weighted by Gasteiger charge is 2.15. The summed E-state index contributed by atoms with van der Waals surface area (Å²) in [5.41, 5.74) is 7.08. The van der Waals surface area contributed by atoms with Gasteiger partial charge in [-0.1, -0.05) is 11.3 Å². The summed E-state index contributed by atoms with van der Waals surface area (Å²) < 4.78 is 5.39. The Balaban J connectivity index is 1.80. The second kappa shape index (κ2) is 4.26. The number of rotatable bonds is 2. The lowest BCUT2D eigenvalue weighted by molar-refractivity contribution is 0.102. The highest BCUT2D eigenvalue weighted by atomic mass is 32.1. The normalized spacial score (nSPS) is 12.9. The number of nitrogen functional groups attached to an aromatic ring is 1. The van der Waals surface area contributed by atoms with Gasteiger partial charge in [-0.05, 0) is 23.8 Å². The zero-order valence-corrected chi connectivity index (χ0v) is 10.2. The van der Waals surface area contributed by atoms with Gasteiger partial charge in [-0.25, -0.2) is 0 Å². The number of hydrogen-bond acceptors (Lipinski definition) is 6. The maximum absolute atomic E-state index is 12.0. The molecule has 2 aromatic rings. The highest BCUT2D eigenvalue weighted by molar-refractivity contribution is 7.19. The number of carbonyl (C=O) groups is 1. The van der Waals surface area contributed by atoms with Crippen molar-refractivity contribution >= 4 is 27.5 Å². The number of nitrogens with one attached hydrogen (secondary N) is 1. The fourth-order valence-electron chi connectivity index (χ4n) is 1.78. The number of anilines is 2. The van der Waals surface area contributed by atoms with Crippen LogP contribution in [0.1, 0.15) is 15.9 Å². The molecule has 0 atom stereocenters. The van der Waals surface area contributed by atoms with Gasteiger partial charge in [0.1, 0.15) is 5.75 Å². The maximum atomic E-state index is 12.0. The second-order valence-corrected chi connectivity index (χ2v) is 4.83. The topological polar surface area (TPSA) is 90.1 Å². The fourth-order valence-corrected chi connectivity index (χ4v) is 2.29. The molecule has 92 valence electrons. The van der Waals surface area contributed by atoms with Crippen molar-refractivity contribution in [1.82, 2.24) is 10.2 Å². The Morgan fingerprint density at radius 1 is 1.44 bits per heavy atom. The monoisotopic (exact) mass is 262 g/mol. The number of carbonyl (C=O) groups excluding carboxylic acids is 1. The number of benzene rings is 1. The lowest BCUT2D eigenvalue weighted by Crippen LogP contribution is -2.11. The number of amides is 1. The van der Waals surface area contributed by atoms with Gasteiger partial charge in [-0.15, -0.1) is 10.2 Å². The van der Waals surface area contributed by atoms with Gasteiger partial charge in [-0.2, -0.15) is 0 Å². The molecular weight excluding hydrogens is 252 g/mol. The molecule has 0 radical (unpaired) electrons. The molecule has 0 saturated heterocycles. The lowest BCUT2D eigenvalue weighted by atomic mass is 10.1. The van der Waals surface area contributed by atoms with Crippen LogP contribution in [-0.2, 0) is 6.42 Å². The minimum Gasteiger partial charge on any atom is -0.493 e. The summed E-state index contributed by atoms with van der Waals surface area (Å²) in [7, 11) is 0. The van der Waals surface area contributed by atoms with Gasteiger partial charge >= 0.3 is 0 Å². The van der Waals surface area contributed by atoms with Crippen LogP contribution in [0.5, 0.6) is 5.75 Å². The van der Waals surface area contributed by atoms with Crippen LogP contribution in [0.15, 0.2) is 18.2 Å². The molecule has 0 spiro atoms. The molecule has 1 aromatic heterocycles. The number of aromatic nitrogens is 2. The molecule has 0 fully saturated rings. The summed E-state index contributed by atoms with van der Waals surface area (Å²) >= 11 is 1.14. The van der Waals surface area contributed by atoms with Crippen LogP contribution in [-0.4, -0.2) is 22.7 Å². The molecular formula is C11H10N4O2S. The Bertz CT molecular complexity index is 611. The number of fused-ring (bicyclic) bond motifs is 1. The fraction of sp³-hybridized carbons (Fsp3) is 0.182. The molecule has 0 aliphatic carbocycles.